The van der Waals surface area contributed by atoms with E-state index in [1.165, 1.54) is 18.6 Å². The van der Waals surface area contributed by atoms with Crippen LogP contribution < -0.4 is 10.0 Å². The molecule has 1 aliphatic rings. The Kier molecular flexibility index (Phi) is 5.28. The summed E-state index contributed by atoms with van der Waals surface area (Å²) in [6, 6.07) is 8.22. The molecule has 0 unspecified atom stereocenters. The average molecular weight is 394 g/mol. The number of esters is 1. The number of ether oxygens (including phenoxy) is 1. The molecule has 1 aliphatic carbocycles. The number of nitrogens with one attached hydrogen (secondary N) is 2. The second-order valence-electron chi connectivity index (χ2n) is 5.93. The summed E-state index contributed by atoms with van der Waals surface area (Å²) in [6.45, 7) is 0. The zero-order valence-electron chi connectivity index (χ0n) is 14.0. The van der Waals surface area contributed by atoms with Crippen molar-refractivity contribution in [1.82, 2.24) is 5.32 Å². The number of amides is 1. The maximum Gasteiger partial charge on any atom is 0.349 e. The van der Waals surface area contributed by atoms with E-state index < -0.39 is 16.0 Å². The number of carbonyl (C=O) groups excluding carboxylic acids is 2. The summed E-state index contributed by atoms with van der Waals surface area (Å²) < 4.78 is 32.1. The summed E-state index contributed by atoms with van der Waals surface area (Å²) in [7, 11) is -2.72. The normalized spacial score (nSPS) is 13.9. The van der Waals surface area contributed by atoms with Crippen LogP contribution in [0.3, 0.4) is 0 Å². The summed E-state index contributed by atoms with van der Waals surface area (Å²) in [5.41, 5.74) is 1.13. The van der Waals surface area contributed by atoms with Gasteiger partial charge in [0.1, 0.15) is 9.77 Å². The van der Waals surface area contributed by atoms with Gasteiger partial charge in [0.2, 0.25) is 5.91 Å². The van der Waals surface area contributed by atoms with Crippen molar-refractivity contribution < 1.29 is 22.7 Å². The van der Waals surface area contributed by atoms with Crippen molar-refractivity contribution in [1.29, 1.82) is 0 Å². The highest BCUT2D eigenvalue weighted by Crippen LogP contribution is 2.25. The number of carbonyl (C=O) groups is 2. The summed E-state index contributed by atoms with van der Waals surface area (Å²) in [5.74, 6) is -0.737. The predicted octanol–water partition coefficient (Wildman–Crippen LogP) is 2.16. The lowest BCUT2D eigenvalue weighted by atomic mass is 10.1. The van der Waals surface area contributed by atoms with E-state index in [2.05, 4.69) is 14.8 Å². The van der Waals surface area contributed by atoms with Crippen LogP contribution >= 0.6 is 11.3 Å². The lowest BCUT2D eigenvalue weighted by Gasteiger charge is -2.09. The topological polar surface area (TPSA) is 102 Å². The SMILES string of the molecule is COC(=O)c1sccc1S(=O)(=O)Nc1ccc(CC(=O)NC2CC2)cc1. The predicted molar refractivity (Wildman–Crippen MR) is 97.8 cm³/mol. The van der Waals surface area contributed by atoms with Crippen LogP contribution in [0.2, 0.25) is 0 Å². The Morgan fingerprint density at radius 1 is 1.19 bits per heavy atom. The van der Waals surface area contributed by atoms with Gasteiger partial charge in [-0.3, -0.25) is 9.52 Å². The summed E-state index contributed by atoms with van der Waals surface area (Å²) >= 11 is 1.00. The third kappa shape index (κ3) is 4.41. The maximum absolute atomic E-state index is 12.5. The molecule has 0 bridgehead atoms. The zero-order chi connectivity index (χ0) is 18.7. The lowest BCUT2D eigenvalue weighted by molar-refractivity contribution is -0.120. The van der Waals surface area contributed by atoms with E-state index in [4.69, 9.17) is 0 Å². The molecule has 1 amide bonds. The first kappa shape index (κ1) is 18.4. The molecule has 1 saturated carbocycles. The Morgan fingerprint density at radius 2 is 1.88 bits per heavy atom. The van der Waals surface area contributed by atoms with Crippen molar-refractivity contribution in [2.45, 2.75) is 30.2 Å². The number of hydrogen-bond donors (Lipinski definition) is 2. The Labute approximate surface area is 155 Å². The molecule has 0 spiro atoms. The van der Waals surface area contributed by atoms with Gasteiger partial charge >= 0.3 is 5.97 Å². The molecule has 2 aromatic rings. The van der Waals surface area contributed by atoms with Crippen LogP contribution in [0.4, 0.5) is 5.69 Å². The summed E-state index contributed by atoms with van der Waals surface area (Å²) in [6.07, 6.45) is 2.31. The molecule has 0 radical (unpaired) electrons. The fourth-order valence-corrected chi connectivity index (χ4v) is 4.74. The molecule has 138 valence electrons. The Balaban J connectivity index is 1.69. The van der Waals surface area contributed by atoms with Gasteiger partial charge in [0.15, 0.2) is 0 Å². The standard InChI is InChI=1S/C17H18N2O5S2/c1-24-17(21)16-14(8-9-25-16)26(22,23)19-13-4-2-11(3-5-13)10-15(20)18-12-6-7-12/h2-5,8-9,12,19H,6-7,10H2,1H3,(H,18,20). The minimum absolute atomic E-state index is 0.0216. The van der Waals surface area contributed by atoms with E-state index in [-0.39, 0.29) is 22.1 Å². The number of benzene rings is 1. The van der Waals surface area contributed by atoms with E-state index in [0.29, 0.717) is 11.7 Å². The van der Waals surface area contributed by atoms with Gasteiger partial charge in [-0.1, -0.05) is 12.1 Å². The van der Waals surface area contributed by atoms with Crippen LogP contribution in [-0.4, -0.2) is 33.4 Å². The molecule has 3 rings (SSSR count). The molecule has 9 heteroatoms. The van der Waals surface area contributed by atoms with E-state index in [1.54, 1.807) is 24.3 Å². The largest absolute Gasteiger partial charge is 0.465 e. The molecule has 0 atom stereocenters. The number of hydrogen-bond acceptors (Lipinski definition) is 6. The quantitative estimate of drug-likeness (QED) is 0.701. The van der Waals surface area contributed by atoms with Gasteiger partial charge in [0, 0.05) is 11.7 Å². The fraction of sp³-hybridized carbons (Fsp3) is 0.294. The molecule has 1 aromatic carbocycles. The van der Waals surface area contributed by atoms with Gasteiger partial charge in [-0.15, -0.1) is 11.3 Å². The molecule has 1 heterocycles. The zero-order valence-corrected chi connectivity index (χ0v) is 15.7. The second kappa shape index (κ2) is 7.46. The number of sulfonamides is 1. The highest BCUT2D eigenvalue weighted by atomic mass is 32.2. The van der Waals surface area contributed by atoms with Crippen LogP contribution in [0.15, 0.2) is 40.6 Å². The molecule has 2 N–H and O–H groups in total. The maximum atomic E-state index is 12.5. The molecular formula is C17H18N2O5S2. The van der Waals surface area contributed by atoms with E-state index >= 15 is 0 Å². The van der Waals surface area contributed by atoms with Crippen molar-refractivity contribution >= 4 is 38.9 Å². The van der Waals surface area contributed by atoms with Crippen LogP contribution in [0, 0.1) is 0 Å². The first-order valence-electron chi connectivity index (χ1n) is 7.96. The smallest absolute Gasteiger partial charge is 0.349 e. The number of anilines is 1. The first-order chi connectivity index (χ1) is 12.4. The fourth-order valence-electron chi connectivity index (χ4n) is 2.34. The summed E-state index contributed by atoms with van der Waals surface area (Å²) in [4.78, 5) is 23.4. The van der Waals surface area contributed by atoms with Crippen LogP contribution in [-0.2, 0) is 26.0 Å². The Bertz CT molecular complexity index is 915. The van der Waals surface area contributed by atoms with E-state index in [0.717, 1.165) is 29.7 Å². The third-order valence-electron chi connectivity index (χ3n) is 3.80. The number of thiophene rings is 1. The van der Waals surface area contributed by atoms with Crippen molar-refractivity contribution in [2.75, 3.05) is 11.8 Å². The van der Waals surface area contributed by atoms with Gasteiger partial charge in [0.05, 0.1) is 13.5 Å². The highest BCUT2D eigenvalue weighted by Gasteiger charge is 2.25. The van der Waals surface area contributed by atoms with Gasteiger partial charge in [-0.2, -0.15) is 0 Å². The molecule has 7 nitrogen and oxygen atoms in total. The number of methoxy groups -OCH3 is 1. The van der Waals surface area contributed by atoms with Gasteiger partial charge in [-0.25, -0.2) is 13.2 Å². The first-order valence-corrected chi connectivity index (χ1v) is 10.3. The average Bonchev–Trinajstić information content (AvgIpc) is 3.25. The van der Waals surface area contributed by atoms with Crippen molar-refractivity contribution in [3.63, 3.8) is 0 Å². The lowest BCUT2D eigenvalue weighted by Crippen LogP contribution is -2.26. The number of rotatable bonds is 7. The Hall–Kier alpha value is -2.39. The van der Waals surface area contributed by atoms with Crippen LogP contribution in [0.1, 0.15) is 28.1 Å². The van der Waals surface area contributed by atoms with Gasteiger partial charge < -0.3 is 10.1 Å². The van der Waals surface area contributed by atoms with Gasteiger partial charge in [0.25, 0.3) is 10.0 Å². The van der Waals surface area contributed by atoms with Crippen molar-refractivity contribution in [3.8, 4) is 0 Å². The molecule has 1 fully saturated rings. The highest BCUT2D eigenvalue weighted by molar-refractivity contribution is 7.93. The molecule has 1 aromatic heterocycles. The minimum atomic E-state index is -3.92. The van der Waals surface area contributed by atoms with Gasteiger partial charge in [-0.05, 0) is 42.0 Å². The van der Waals surface area contributed by atoms with Crippen LogP contribution in [0.5, 0.6) is 0 Å². The molecule has 0 aliphatic heterocycles. The monoisotopic (exact) mass is 394 g/mol. The molecule has 0 saturated heterocycles. The molecule has 26 heavy (non-hydrogen) atoms. The van der Waals surface area contributed by atoms with E-state index in [9.17, 15) is 18.0 Å². The van der Waals surface area contributed by atoms with Crippen molar-refractivity contribution in [2.24, 2.45) is 0 Å². The third-order valence-corrected chi connectivity index (χ3v) is 6.25. The second-order valence-corrected chi connectivity index (χ2v) is 8.49. The van der Waals surface area contributed by atoms with Crippen LogP contribution in [0.25, 0.3) is 0 Å². The van der Waals surface area contributed by atoms with E-state index in [1.807, 2.05) is 0 Å². The summed E-state index contributed by atoms with van der Waals surface area (Å²) in [5, 5.41) is 4.42. The molecular weight excluding hydrogens is 376 g/mol. The van der Waals surface area contributed by atoms with Crippen molar-refractivity contribution in [3.05, 3.63) is 46.2 Å². The minimum Gasteiger partial charge on any atom is -0.465 e. The Morgan fingerprint density at radius 3 is 2.50 bits per heavy atom.